The Morgan fingerprint density at radius 2 is 1.83 bits per heavy atom. The van der Waals surface area contributed by atoms with Crippen LogP contribution in [0.3, 0.4) is 0 Å². The first-order valence-corrected chi connectivity index (χ1v) is 6.93. The van der Waals surface area contributed by atoms with Crippen molar-refractivity contribution >= 4 is 5.78 Å². The standard InChI is InChI=1S/C17H24O/c1-4-6-7-16(13-17(18)5-2)12-15-10-8-14(3)9-11-15/h8-11,13H,4-7,12H2,1-3H3/b16-13+. The van der Waals surface area contributed by atoms with Crippen molar-refractivity contribution in [2.24, 2.45) is 0 Å². The summed E-state index contributed by atoms with van der Waals surface area (Å²) in [6.45, 7) is 6.20. The summed E-state index contributed by atoms with van der Waals surface area (Å²) in [6, 6.07) is 8.58. The molecule has 0 unspecified atom stereocenters. The Morgan fingerprint density at radius 1 is 1.17 bits per heavy atom. The summed E-state index contributed by atoms with van der Waals surface area (Å²) in [4.78, 5) is 11.6. The number of hydrogen-bond acceptors (Lipinski definition) is 1. The predicted molar refractivity (Wildman–Crippen MR) is 77.8 cm³/mol. The van der Waals surface area contributed by atoms with Crippen LogP contribution in [0.1, 0.15) is 50.7 Å². The molecular weight excluding hydrogens is 220 g/mol. The highest BCUT2D eigenvalue weighted by Gasteiger charge is 2.03. The molecule has 0 heterocycles. The highest BCUT2D eigenvalue weighted by Crippen LogP contribution is 2.15. The molecule has 1 nitrogen and oxygen atoms in total. The van der Waals surface area contributed by atoms with E-state index >= 15 is 0 Å². The highest BCUT2D eigenvalue weighted by atomic mass is 16.1. The summed E-state index contributed by atoms with van der Waals surface area (Å²) < 4.78 is 0. The van der Waals surface area contributed by atoms with Gasteiger partial charge >= 0.3 is 0 Å². The molecule has 0 N–H and O–H groups in total. The Bertz CT molecular complexity index is 398. The van der Waals surface area contributed by atoms with Crippen LogP contribution in [0.25, 0.3) is 0 Å². The van der Waals surface area contributed by atoms with Gasteiger partial charge in [0.15, 0.2) is 5.78 Å². The van der Waals surface area contributed by atoms with Crippen molar-refractivity contribution in [3.8, 4) is 0 Å². The number of allylic oxidation sites excluding steroid dienone is 2. The molecule has 0 aliphatic rings. The van der Waals surface area contributed by atoms with Crippen molar-refractivity contribution in [1.82, 2.24) is 0 Å². The largest absolute Gasteiger partial charge is 0.295 e. The Kier molecular flexibility index (Phi) is 6.42. The summed E-state index contributed by atoms with van der Waals surface area (Å²) in [5.74, 6) is 0.244. The van der Waals surface area contributed by atoms with Gasteiger partial charge in [-0.05, 0) is 37.8 Å². The third kappa shape index (κ3) is 5.31. The second-order valence-corrected chi connectivity index (χ2v) is 4.89. The van der Waals surface area contributed by atoms with Crippen LogP contribution in [0.15, 0.2) is 35.9 Å². The lowest BCUT2D eigenvalue weighted by atomic mass is 9.98. The van der Waals surface area contributed by atoms with Crippen molar-refractivity contribution in [2.75, 3.05) is 0 Å². The fraction of sp³-hybridized carbons (Fsp3) is 0.471. The number of ketones is 1. The van der Waals surface area contributed by atoms with Gasteiger partial charge in [-0.1, -0.05) is 55.7 Å². The SMILES string of the molecule is CCCC/C(=C\C(=O)CC)Cc1ccc(C)cc1. The van der Waals surface area contributed by atoms with Crippen LogP contribution in [0.4, 0.5) is 0 Å². The maximum absolute atomic E-state index is 11.6. The van der Waals surface area contributed by atoms with Gasteiger partial charge in [-0.2, -0.15) is 0 Å². The van der Waals surface area contributed by atoms with E-state index in [1.165, 1.54) is 23.1 Å². The number of aryl methyl sites for hydroxylation is 1. The molecule has 1 rings (SSSR count). The minimum absolute atomic E-state index is 0.244. The van der Waals surface area contributed by atoms with Crippen LogP contribution in [0.2, 0.25) is 0 Å². The smallest absolute Gasteiger partial charge is 0.155 e. The fourth-order valence-electron chi connectivity index (χ4n) is 1.91. The molecule has 1 heteroatoms. The number of rotatable bonds is 7. The van der Waals surface area contributed by atoms with E-state index in [9.17, 15) is 4.79 Å². The van der Waals surface area contributed by atoms with Crippen molar-refractivity contribution in [3.63, 3.8) is 0 Å². The first-order valence-electron chi connectivity index (χ1n) is 6.93. The molecule has 0 fully saturated rings. The number of unbranched alkanes of at least 4 members (excludes halogenated alkanes) is 1. The molecule has 0 radical (unpaired) electrons. The Hall–Kier alpha value is -1.37. The summed E-state index contributed by atoms with van der Waals surface area (Å²) in [5.41, 5.74) is 3.85. The van der Waals surface area contributed by atoms with E-state index in [1.54, 1.807) is 0 Å². The van der Waals surface area contributed by atoms with Crippen LogP contribution >= 0.6 is 0 Å². The predicted octanol–water partition coefficient (Wildman–Crippen LogP) is 4.63. The lowest BCUT2D eigenvalue weighted by Crippen LogP contribution is -1.97. The maximum Gasteiger partial charge on any atom is 0.155 e. The lowest BCUT2D eigenvalue weighted by Gasteiger charge is -2.07. The second kappa shape index (κ2) is 7.86. The van der Waals surface area contributed by atoms with Gasteiger partial charge in [0.2, 0.25) is 0 Å². The van der Waals surface area contributed by atoms with Crippen molar-refractivity contribution in [2.45, 2.75) is 52.9 Å². The number of carbonyl (C=O) groups is 1. The lowest BCUT2D eigenvalue weighted by molar-refractivity contribution is -0.114. The summed E-state index contributed by atoms with van der Waals surface area (Å²) >= 11 is 0. The molecule has 1 aromatic rings. The topological polar surface area (TPSA) is 17.1 Å². The van der Waals surface area contributed by atoms with E-state index in [4.69, 9.17) is 0 Å². The van der Waals surface area contributed by atoms with Crippen molar-refractivity contribution < 1.29 is 4.79 Å². The van der Waals surface area contributed by atoms with Crippen LogP contribution < -0.4 is 0 Å². The van der Waals surface area contributed by atoms with Gasteiger partial charge in [-0.15, -0.1) is 0 Å². The molecule has 0 atom stereocenters. The molecule has 98 valence electrons. The molecule has 18 heavy (non-hydrogen) atoms. The molecule has 0 bridgehead atoms. The van der Waals surface area contributed by atoms with Crippen LogP contribution in [-0.2, 0) is 11.2 Å². The Morgan fingerprint density at radius 3 is 2.39 bits per heavy atom. The van der Waals surface area contributed by atoms with Gasteiger partial charge in [0.25, 0.3) is 0 Å². The molecule has 0 saturated carbocycles. The zero-order valence-corrected chi connectivity index (χ0v) is 11.8. The van der Waals surface area contributed by atoms with E-state index in [0.29, 0.717) is 6.42 Å². The second-order valence-electron chi connectivity index (χ2n) is 4.89. The third-order valence-corrected chi connectivity index (χ3v) is 3.12. The first-order chi connectivity index (χ1) is 8.65. The molecule has 0 aliphatic heterocycles. The summed E-state index contributed by atoms with van der Waals surface area (Å²) in [7, 11) is 0. The van der Waals surface area contributed by atoms with E-state index in [-0.39, 0.29) is 5.78 Å². The third-order valence-electron chi connectivity index (χ3n) is 3.12. The number of hydrogen-bond donors (Lipinski definition) is 0. The normalized spacial score (nSPS) is 11.6. The van der Waals surface area contributed by atoms with Crippen LogP contribution in [-0.4, -0.2) is 5.78 Å². The van der Waals surface area contributed by atoms with E-state index < -0.39 is 0 Å². The highest BCUT2D eigenvalue weighted by molar-refractivity contribution is 5.90. The number of benzene rings is 1. The van der Waals surface area contributed by atoms with Crippen LogP contribution in [0, 0.1) is 6.92 Å². The van der Waals surface area contributed by atoms with Gasteiger partial charge in [-0.25, -0.2) is 0 Å². The van der Waals surface area contributed by atoms with Crippen molar-refractivity contribution in [3.05, 3.63) is 47.0 Å². The van der Waals surface area contributed by atoms with E-state index in [0.717, 1.165) is 19.3 Å². The Balaban J connectivity index is 2.74. The number of carbonyl (C=O) groups excluding carboxylic acids is 1. The monoisotopic (exact) mass is 244 g/mol. The summed E-state index contributed by atoms with van der Waals surface area (Å²) in [6.07, 6.45) is 6.74. The van der Waals surface area contributed by atoms with Gasteiger partial charge < -0.3 is 0 Å². The molecule has 0 spiro atoms. The maximum atomic E-state index is 11.6. The van der Waals surface area contributed by atoms with Gasteiger partial charge in [0, 0.05) is 6.42 Å². The molecular formula is C17H24O. The van der Waals surface area contributed by atoms with Gasteiger partial charge in [0.1, 0.15) is 0 Å². The van der Waals surface area contributed by atoms with Gasteiger partial charge in [0.05, 0.1) is 0 Å². The van der Waals surface area contributed by atoms with E-state index in [1.807, 2.05) is 13.0 Å². The summed E-state index contributed by atoms with van der Waals surface area (Å²) in [5, 5.41) is 0. The molecule has 0 amide bonds. The zero-order chi connectivity index (χ0) is 13.4. The average Bonchev–Trinajstić information content (AvgIpc) is 2.38. The minimum atomic E-state index is 0.244. The van der Waals surface area contributed by atoms with E-state index in [2.05, 4.69) is 38.1 Å². The molecule has 0 aromatic heterocycles. The average molecular weight is 244 g/mol. The first kappa shape index (κ1) is 14.7. The fourth-order valence-corrected chi connectivity index (χ4v) is 1.91. The van der Waals surface area contributed by atoms with Crippen molar-refractivity contribution in [1.29, 1.82) is 0 Å². The Labute approximate surface area is 111 Å². The van der Waals surface area contributed by atoms with Crippen LogP contribution in [0.5, 0.6) is 0 Å². The molecule has 0 saturated heterocycles. The zero-order valence-electron chi connectivity index (χ0n) is 11.8. The molecule has 0 aliphatic carbocycles. The molecule has 1 aromatic carbocycles. The minimum Gasteiger partial charge on any atom is -0.295 e. The quantitative estimate of drug-likeness (QED) is 0.639. The van der Waals surface area contributed by atoms with Gasteiger partial charge in [-0.3, -0.25) is 4.79 Å².